The second-order valence-electron chi connectivity index (χ2n) is 3.43. The molecule has 0 rings (SSSR count). The highest BCUT2D eigenvalue weighted by Crippen LogP contribution is 2.60. The number of rotatable bonds is 5. The van der Waals surface area contributed by atoms with Gasteiger partial charge in [-0.25, -0.2) is 0 Å². The van der Waals surface area contributed by atoms with Gasteiger partial charge in [0.15, 0.2) is 0 Å². The van der Waals surface area contributed by atoms with E-state index in [-0.39, 0.29) is 5.16 Å². The van der Waals surface area contributed by atoms with Gasteiger partial charge in [0.05, 0.1) is 5.16 Å². The lowest BCUT2D eigenvalue weighted by atomic mass is 10.1. The maximum Gasteiger partial charge on any atom is 0.335 e. The van der Waals surface area contributed by atoms with Gasteiger partial charge in [0.1, 0.15) is 0 Å². The average molecular weight is 194 g/mol. The molecule has 0 heterocycles. The lowest BCUT2D eigenvalue weighted by Crippen LogP contribution is -2.21. The number of hydrogen-bond donors (Lipinski definition) is 0. The maximum atomic E-state index is 11.9. The summed E-state index contributed by atoms with van der Waals surface area (Å²) in [5.41, 5.74) is 0. The zero-order valence-electron chi connectivity index (χ0n) is 8.59. The summed E-state index contributed by atoms with van der Waals surface area (Å²) in [6.07, 6.45) is 1.82. The molecule has 0 radical (unpaired) electrons. The Labute approximate surface area is 75.0 Å². The van der Waals surface area contributed by atoms with Crippen LogP contribution in [0.2, 0.25) is 0 Å². The van der Waals surface area contributed by atoms with Crippen LogP contribution in [0.5, 0.6) is 0 Å². The van der Waals surface area contributed by atoms with Crippen LogP contribution in [0.1, 0.15) is 33.6 Å². The Balaban J connectivity index is 4.59. The molecule has 0 saturated carbocycles. The van der Waals surface area contributed by atoms with Crippen LogP contribution in [-0.4, -0.2) is 19.4 Å². The Kier molecular flexibility index (Phi) is 4.46. The average Bonchev–Trinajstić information content (AvgIpc) is 2.02. The van der Waals surface area contributed by atoms with Gasteiger partial charge in [-0.3, -0.25) is 4.57 Å². The van der Waals surface area contributed by atoms with Gasteiger partial charge in [0.25, 0.3) is 0 Å². The van der Waals surface area contributed by atoms with Crippen molar-refractivity contribution in [2.75, 3.05) is 14.2 Å². The van der Waals surface area contributed by atoms with Crippen LogP contribution in [0.3, 0.4) is 0 Å². The molecule has 0 spiro atoms. The predicted molar refractivity (Wildman–Crippen MR) is 50.6 cm³/mol. The van der Waals surface area contributed by atoms with Crippen molar-refractivity contribution in [3.8, 4) is 0 Å². The molecule has 0 saturated heterocycles. The van der Waals surface area contributed by atoms with Crippen LogP contribution in [0, 0.1) is 0 Å². The minimum absolute atomic E-state index is 0.384. The lowest BCUT2D eigenvalue weighted by molar-refractivity contribution is 0.247. The smallest absolute Gasteiger partial charge is 0.312 e. The fraction of sp³-hybridized carbons (Fsp3) is 1.00. The summed E-state index contributed by atoms with van der Waals surface area (Å²) in [4.78, 5) is 0. The van der Waals surface area contributed by atoms with Crippen molar-refractivity contribution >= 4 is 7.60 Å². The van der Waals surface area contributed by atoms with Crippen LogP contribution >= 0.6 is 7.60 Å². The van der Waals surface area contributed by atoms with Gasteiger partial charge in [-0.1, -0.05) is 13.3 Å². The molecule has 12 heavy (non-hydrogen) atoms. The van der Waals surface area contributed by atoms with Crippen molar-refractivity contribution in [3.63, 3.8) is 0 Å². The molecule has 0 aromatic carbocycles. The SMILES string of the molecule is CCCC(C)(C)P(=O)(OC)OC. The summed E-state index contributed by atoms with van der Waals surface area (Å²) in [7, 11) is -0.0361. The first kappa shape index (κ1) is 12.2. The van der Waals surface area contributed by atoms with Crippen molar-refractivity contribution in [2.45, 2.75) is 38.8 Å². The first-order valence-corrected chi connectivity index (χ1v) is 5.69. The van der Waals surface area contributed by atoms with Gasteiger partial charge in [-0.05, 0) is 20.3 Å². The van der Waals surface area contributed by atoms with E-state index in [1.807, 2.05) is 13.8 Å². The van der Waals surface area contributed by atoms with E-state index < -0.39 is 7.60 Å². The third kappa shape index (κ3) is 2.32. The summed E-state index contributed by atoms with van der Waals surface area (Å²) in [6, 6.07) is 0. The van der Waals surface area contributed by atoms with E-state index in [2.05, 4.69) is 6.92 Å². The summed E-state index contributed by atoms with van der Waals surface area (Å²) < 4.78 is 21.8. The quantitative estimate of drug-likeness (QED) is 0.631. The van der Waals surface area contributed by atoms with Crippen LogP contribution in [0.4, 0.5) is 0 Å². The van der Waals surface area contributed by atoms with E-state index in [0.717, 1.165) is 12.8 Å². The van der Waals surface area contributed by atoms with Crippen molar-refractivity contribution < 1.29 is 13.6 Å². The minimum atomic E-state index is -2.90. The van der Waals surface area contributed by atoms with Gasteiger partial charge < -0.3 is 9.05 Å². The zero-order chi connectivity index (χ0) is 9.83. The van der Waals surface area contributed by atoms with E-state index in [1.165, 1.54) is 14.2 Å². The molecular weight excluding hydrogens is 175 g/mol. The highest BCUT2D eigenvalue weighted by atomic mass is 31.2. The second-order valence-corrected chi connectivity index (χ2v) is 6.36. The van der Waals surface area contributed by atoms with Gasteiger partial charge in [-0.15, -0.1) is 0 Å². The summed E-state index contributed by atoms with van der Waals surface area (Å²) >= 11 is 0. The fourth-order valence-corrected chi connectivity index (χ4v) is 2.95. The first-order chi connectivity index (χ1) is 5.43. The molecule has 0 atom stereocenters. The summed E-state index contributed by atoms with van der Waals surface area (Å²) in [6.45, 7) is 5.87. The molecule has 0 N–H and O–H groups in total. The molecule has 0 aliphatic carbocycles. The van der Waals surface area contributed by atoms with Crippen LogP contribution in [0.15, 0.2) is 0 Å². The molecule has 0 aromatic heterocycles. The molecule has 3 nitrogen and oxygen atoms in total. The molecule has 74 valence electrons. The maximum absolute atomic E-state index is 11.9. The standard InChI is InChI=1S/C8H19O3P/c1-6-7-8(2,3)12(9,10-4)11-5/h6-7H2,1-5H3. The van der Waals surface area contributed by atoms with Gasteiger partial charge >= 0.3 is 7.60 Å². The van der Waals surface area contributed by atoms with Crippen molar-refractivity contribution in [3.05, 3.63) is 0 Å². The molecule has 0 amide bonds. The third-order valence-corrected chi connectivity index (χ3v) is 4.75. The normalized spacial score (nSPS) is 13.4. The molecular formula is C8H19O3P. The largest absolute Gasteiger partial charge is 0.335 e. The molecule has 0 aromatic rings. The van der Waals surface area contributed by atoms with Crippen LogP contribution < -0.4 is 0 Å². The molecule has 0 aliphatic heterocycles. The van der Waals surface area contributed by atoms with E-state index >= 15 is 0 Å². The molecule has 0 fully saturated rings. The Morgan fingerprint density at radius 2 is 1.67 bits per heavy atom. The fourth-order valence-electron chi connectivity index (χ4n) is 1.32. The number of hydrogen-bond acceptors (Lipinski definition) is 3. The Bertz CT molecular complexity index is 169. The monoisotopic (exact) mass is 194 g/mol. The van der Waals surface area contributed by atoms with Crippen LogP contribution in [0.25, 0.3) is 0 Å². The lowest BCUT2D eigenvalue weighted by Gasteiger charge is -2.30. The molecule has 4 heteroatoms. The Hall–Kier alpha value is 0.150. The van der Waals surface area contributed by atoms with Crippen molar-refractivity contribution in [1.82, 2.24) is 0 Å². The van der Waals surface area contributed by atoms with Crippen molar-refractivity contribution in [2.24, 2.45) is 0 Å². The van der Waals surface area contributed by atoms with Gasteiger partial charge in [0, 0.05) is 14.2 Å². The topological polar surface area (TPSA) is 35.5 Å². The molecule has 0 aliphatic rings. The second kappa shape index (κ2) is 4.40. The Morgan fingerprint density at radius 3 is 1.92 bits per heavy atom. The highest BCUT2D eigenvalue weighted by molar-refractivity contribution is 7.55. The highest BCUT2D eigenvalue weighted by Gasteiger charge is 2.40. The zero-order valence-corrected chi connectivity index (χ0v) is 9.48. The van der Waals surface area contributed by atoms with E-state index in [9.17, 15) is 4.57 Å². The van der Waals surface area contributed by atoms with Crippen LogP contribution in [-0.2, 0) is 13.6 Å². The molecule has 0 unspecified atom stereocenters. The first-order valence-electron chi connectivity index (χ1n) is 4.15. The molecule has 0 bridgehead atoms. The van der Waals surface area contributed by atoms with E-state index in [0.29, 0.717) is 0 Å². The predicted octanol–water partition coefficient (Wildman–Crippen LogP) is 3.05. The van der Waals surface area contributed by atoms with Gasteiger partial charge in [0.2, 0.25) is 0 Å². The van der Waals surface area contributed by atoms with Crippen molar-refractivity contribution in [1.29, 1.82) is 0 Å². The van der Waals surface area contributed by atoms with Gasteiger partial charge in [-0.2, -0.15) is 0 Å². The minimum Gasteiger partial charge on any atom is -0.312 e. The van der Waals surface area contributed by atoms with E-state index in [1.54, 1.807) is 0 Å². The van der Waals surface area contributed by atoms with E-state index in [4.69, 9.17) is 9.05 Å². The Morgan fingerprint density at radius 1 is 1.25 bits per heavy atom. The summed E-state index contributed by atoms with van der Waals surface area (Å²) in [5, 5.41) is -0.384. The third-order valence-electron chi connectivity index (χ3n) is 2.08. The summed E-state index contributed by atoms with van der Waals surface area (Å²) in [5.74, 6) is 0.